The number of nitrogens with zero attached hydrogens (tertiary/aromatic N) is 5. The van der Waals surface area contributed by atoms with Gasteiger partial charge >= 0.3 is 6.01 Å². The number of carbonyl (C=O) groups excluding carboxylic acids is 1. The van der Waals surface area contributed by atoms with Gasteiger partial charge in [-0.25, -0.2) is 4.99 Å². The minimum absolute atomic E-state index is 0.0912. The highest BCUT2D eigenvalue weighted by atomic mass is 16.4. The lowest BCUT2D eigenvalue weighted by Gasteiger charge is -2.11. The van der Waals surface area contributed by atoms with Crippen LogP contribution in [0, 0.1) is 0 Å². The lowest BCUT2D eigenvalue weighted by atomic mass is 10.0. The van der Waals surface area contributed by atoms with Crippen molar-refractivity contribution < 1.29 is 9.21 Å². The molecular weight excluding hydrogens is 382 g/mol. The zero-order valence-electron chi connectivity index (χ0n) is 16.0. The Hall–Kier alpha value is -4.27. The summed E-state index contributed by atoms with van der Waals surface area (Å²) in [4.78, 5) is 17.6. The summed E-state index contributed by atoms with van der Waals surface area (Å²) < 4.78 is 7.30. The van der Waals surface area contributed by atoms with Gasteiger partial charge < -0.3 is 15.1 Å². The van der Waals surface area contributed by atoms with E-state index >= 15 is 0 Å². The molecule has 2 aromatic carbocycles. The third-order valence-corrected chi connectivity index (χ3v) is 4.72. The van der Waals surface area contributed by atoms with Gasteiger partial charge in [0.2, 0.25) is 6.17 Å². The van der Waals surface area contributed by atoms with Gasteiger partial charge in [-0.05, 0) is 12.1 Å². The Morgan fingerprint density at radius 3 is 2.63 bits per heavy atom. The van der Waals surface area contributed by atoms with Gasteiger partial charge in [0.1, 0.15) is 5.69 Å². The fraction of sp³-hybridized carbons (Fsp3) is 0.0952. The molecule has 9 heteroatoms. The van der Waals surface area contributed by atoms with Crippen molar-refractivity contribution in [3.8, 4) is 11.6 Å². The summed E-state index contributed by atoms with van der Waals surface area (Å²) in [5.41, 5.74) is 3.78. The maximum atomic E-state index is 12.9. The molecule has 0 saturated carbocycles. The van der Waals surface area contributed by atoms with Gasteiger partial charge in [-0.1, -0.05) is 53.6 Å². The van der Waals surface area contributed by atoms with Crippen LogP contribution in [0.2, 0.25) is 0 Å². The molecule has 5 rings (SSSR count). The normalized spacial score (nSPS) is 15.7. The smallest absolute Gasteiger partial charge is 0.317 e. The predicted octanol–water partition coefficient (Wildman–Crippen LogP) is 2.70. The third kappa shape index (κ3) is 3.22. The molecule has 1 amide bonds. The zero-order valence-corrected chi connectivity index (χ0v) is 16.0. The highest BCUT2D eigenvalue weighted by Gasteiger charge is 2.27. The molecule has 0 bridgehead atoms. The van der Waals surface area contributed by atoms with Crippen molar-refractivity contribution in [1.29, 1.82) is 0 Å². The topological polar surface area (TPSA) is 110 Å². The molecule has 9 nitrogen and oxygen atoms in total. The average Bonchev–Trinajstić information content (AvgIpc) is 3.37. The van der Waals surface area contributed by atoms with Crippen LogP contribution in [0.5, 0.6) is 0 Å². The van der Waals surface area contributed by atoms with E-state index in [9.17, 15) is 4.79 Å². The SMILES string of the molecule is Cn1nccc1-c1nnc(NC2N=C(c3ccccc3)c3ccccc3NC2=O)o1. The second-order valence-electron chi connectivity index (χ2n) is 6.68. The molecule has 0 aliphatic carbocycles. The van der Waals surface area contributed by atoms with Gasteiger partial charge in [-0.3, -0.25) is 9.48 Å². The van der Waals surface area contributed by atoms with E-state index in [-0.39, 0.29) is 11.9 Å². The number of fused-ring (bicyclic) bond motifs is 1. The lowest BCUT2D eigenvalue weighted by molar-refractivity contribution is -0.116. The minimum Gasteiger partial charge on any atom is -0.402 e. The number of anilines is 2. The molecular formula is C21H17N7O2. The van der Waals surface area contributed by atoms with E-state index in [1.807, 2.05) is 54.6 Å². The first-order valence-electron chi connectivity index (χ1n) is 9.31. The van der Waals surface area contributed by atoms with Gasteiger partial charge in [-0.2, -0.15) is 5.10 Å². The van der Waals surface area contributed by atoms with Crippen molar-refractivity contribution in [1.82, 2.24) is 20.0 Å². The second-order valence-corrected chi connectivity index (χ2v) is 6.68. The number of rotatable bonds is 4. The highest BCUT2D eigenvalue weighted by Crippen LogP contribution is 2.25. The molecule has 4 aromatic rings. The molecule has 0 radical (unpaired) electrons. The van der Waals surface area contributed by atoms with E-state index < -0.39 is 6.17 Å². The monoisotopic (exact) mass is 399 g/mol. The lowest BCUT2D eigenvalue weighted by Crippen LogP contribution is -2.32. The number of aliphatic imine (C=N–C) groups is 1. The number of hydrogen-bond acceptors (Lipinski definition) is 7. The molecule has 1 atom stereocenters. The number of carbonyl (C=O) groups is 1. The Balaban J connectivity index is 1.52. The van der Waals surface area contributed by atoms with Gasteiger partial charge in [-0.15, -0.1) is 5.10 Å². The van der Waals surface area contributed by atoms with Gasteiger partial charge in [0.15, 0.2) is 0 Å². The van der Waals surface area contributed by atoms with Crippen molar-refractivity contribution in [2.24, 2.45) is 12.0 Å². The molecule has 148 valence electrons. The zero-order chi connectivity index (χ0) is 20.5. The summed E-state index contributed by atoms with van der Waals surface area (Å²) in [5, 5.41) is 18.0. The number of hydrogen-bond donors (Lipinski definition) is 2. The van der Waals surface area contributed by atoms with Gasteiger partial charge in [0, 0.05) is 24.4 Å². The Kier molecular flexibility index (Phi) is 4.32. The first kappa shape index (κ1) is 17.8. The van der Waals surface area contributed by atoms with Crippen LogP contribution in [0.3, 0.4) is 0 Å². The molecule has 30 heavy (non-hydrogen) atoms. The average molecular weight is 399 g/mol. The fourth-order valence-corrected chi connectivity index (χ4v) is 3.27. The van der Waals surface area contributed by atoms with Crippen molar-refractivity contribution in [3.05, 3.63) is 78.0 Å². The molecule has 3 heterocycles. The summed E-state index contributed by atoms with van der Waals surface area (Å²) in [7, 11) is 1.78. The van der Waals surface area contributed by atoms with E-state index in [4.69, 9.17) is 9.41 Å². The number of aryl methyl sites for hydroxylation is 1. The predicted molar refractivity (Wildman–Crippen MR) is 111 cm³/mol. The van der Waals surface area contributed by atoms with E-state index in [2.05, 4.69) is 25.9 Å². The van der Waals surface area contributed by atoms with Crippen molar-refractivity contribution in [2.45, 2.75) is 6.17 Å². The molecule has 1 unspecified atom stereocenters. The second kappa shape index (κ2) is 7.28. The standard InChI is InChI=1S/C21H17N7O2/c1-28-16(11-12-22-28)20-26-27-21(30-20)25-18-19(29)23-15-10-6-5-9-14(15)17(24-18)13-7-3-2-4-8-13/h2-12,18H,1H3,(H,23,29)(H,25,27). The van der Waals surface area contributed by atoms with Gasteiger partial charge in [0.25, 0.3) is 11.8 Å². The van der Waals surface area contributed by atoms with Crippen LogP contribution >= 0.6 is 0 Å². The Bertz CT molecular complexity index is 1240. The largest absolute Gasteiger partial charge is 0.402 e. The van der Waals surface area contributed by atoms with Crippen LogP contribution in [-0.4, -0.2) is 37.8 Å². The minimum atomic E-state index is -0.951. The first-order chi connectivity index (χ1) is 14.7. The van der Waals surface area contributed by atoms with Crippen molar-refractivity contribution in [2.75, 3.05) is 10.6 Å². The van der Waals surface area contributed by atoms with Crippen LogP contribution in [0.1, 0.15) is 11.1 Å². The van der Waals surface area contributed by atoms with Crippen LogP contribution in [-0.2, 0) is 11.8 Å². The van der Waals surface area contributed by atoms with Gasteiger partial charge in [0.05, 0.1) is 11.4 Å². The molecule has 2 N–H and O–H groups in total. The number of benzodiazepines with no additional fused rings is 1. The molecule has 1 aliphatic rings. The summed E-state index contributed by atoms with van der Waals surface area (Å²) in [6, 6.07) is 19.1. The summed E-state index contributed by atoms with van der Waals surface area (Å²) in [6.07, 6.45) is 0.686. The highest BCUT2D eigenvalue weighted by molar-refractivity contribution is 6.19. The fourth-order valence-electron chi connectivity index (χ4n) is 3.27. The van der Waals surface area contributed by atoms with Crippen molar-refractivity contribution >= 4 is 23.3 Å². The quantitative estimate of drug-likeness (QED) is 0.546. The van der Waals surface area contributed by atoms with Crippen LogP contribution in [0.15, 0.2) is 76.3 Å². The number of nitrogens with one attached hydrogen (secondary N) is 2. The van der Waals surface area contributed by atoms with Crippen molar-refractivity contribution in [3.63, 3.8) is 0 Å². The molecule has 1 aliphatic heterocycles. The number of aromatic nitrogens is 4. The molecule has 2 aromatic heterocycles. The first-order valence-corrected chi connectivity index (χ1v) is 9.31. The maximum Gasteiger partial charge on any atom is 0.317 e. The number of para-hydroxylation sites is 1. The van der Waals surface area contributed by atoms with E-state index in [1.165, 1.54) is 0 Å². The van der Waals surface area contributed by atoms with Crippen LogP contribution < -0.4 is 10.6 Å². The Morgan fingerprint density at radius 2 is 1.83 bits per heavy atom. The van der Waals surface area contributed by atoms with Crippen LogP contribution in [0.25, 0.3) is 11.6 Å². The molecule has 0 spiro atoms. The Labute approximate surface area is 171 Å². The van der Waals surface area contributed by atoms with Crippen LogP contribution in [0.4, 0.5) is 11.7 Å². The maximum absolute atomic E-state index is 12.9. The molecule has 0 fully saturated rings. The third-order valence-electron chi connectivity index (χ3n) is 4.72. The Morgan fingerprint density at radius 1 is 1.03 bits per heavy atom. The summed E-state index contributed by atoms with van der Waals surface area (Å²) in [5.74, 6) is -0.0317. The summed E-state index contributed by atoms with van der Waals surface area (Å²) in [6.45, 7) is 0. The van der Waals surface area contributed by atoms with E-state index in [0.717, 1.165) is 11.1 Å². The number of amides is 1. The summed E-state index contributed by atoms with van der Waals surface area (Å²) >= 11 is 0. The molecule has 0 saturated heterocycles. The van der Waals surface area contributed by atoms with E-state index in [0.29, 0.717) is 23.0 Å². The number of benzene rings is 2. The van der Waals surface area contributed by atoms with E-state index in [1.54, 1.807) is 24.0 Å².